The summed E-state index contributed by atoms with van der Waals surface area (Å²) < 4.78 is 0. The number of phenols is 4. The Hall–Kier alpha value is -6.80. The van der Waals surface area contributed by atoms with E-state index in [4.69, 9.17) is 0 Å². The fourth-order valence-electron chi connectivity index (χ4n) is 4.86. The molecule has 0 saturated heterocycles. The van der Waals surface area contributed by atoms with Crippen molar-refractivity contribution < 1.29 is 39.6 Å². The first-order valence-corrected chi connectivity index (χ1v) is 14.7. The van der Waals surface area contributed by atoms with Crippen LogP contribution in [0.5, 0.6) is 23.0 Å². The second-order valence-corrected chi connectivity index (χ2v) is 10.6. The van der Waals surface area contributed by atoms with E-state index in [-0.39, 0.29) is 45.3 Å². The molecular formula is C40H28O8. The molecule has 48 heavy (non-hydrogen) atoms. The van der Waals surface area contributed by atoms with Gasteiger partial charge in [-0.15, -0.1) is 0 Å². The lowest BCUT2D eigenvalue weighted by Crippen LogP contribution is -2.06. The zero-order valence-corrected chi connectivity index (χ0v) is 25.3. The number of hydrogen-bond donors (Lipinski definition) is 4. The number of benzene rings is 6. The maximum Gasteiger partial charge on any atom is 0.196 e. The summed E-state index contributed by atoms with van der Waals surface area (Å²) in [5.74, 6) is -3.16. The van der Waals surface area contributed by atoms with E-state index >= 15 is 0 Å². The molecule has 6 aromatic carbocycles. The lowest BCUT2D eigenvalue weighted by atomic mass is 9.96. The molecule has 0 unspecified atom stereocenters. The molecule has 0 fully saturated rings. The van der Waals surface area contributed by atoms with Crippen molar-refractivity contribution in [1.29, 1.82) is 0 Å². The Kier molecular flexibility index (Phi) is 9.87. The fraction of sp³-hybridized carbons (Fsp3) is 0. The van der Waals surface area contributed by atoms with E-state index in [9.17, 15) is 39.6 Å². The fourth-order valence-corrected chi connectivity index (χ4v) is 4.86. The Balaban J connectivity index is 0.000000188. The summed E-state index contributed by atoms with van der Waals surface area (Å²) in [5.41, 5.74) is 1.43. The molecule has 0 saturated carbocycles. The highest BCUT2D eigenvalue weighted by atomic mass is 16.3. The Morgan fingerprint density at radius 2 is 0.479 bits per heavy atom. The van der Waals surface area contributed by atoms with Gasteiger partial charge in [-0.2, -0.15) is 0 Å². The first kappa shape index (κ1) is 32.6. The number of rotatable bonds is 8. The maximum atomic E-state index is 12.5. The van der Waals surface area contributed by atoms with Gasteiger partial charge in [0.15, 0.2) is 23.1 Å². The molecule has 236 valence electrons. The minimum atomic E-state index is -0.421. The molecule has 0 bridgehead atoms. The Morgan fingerprint density at radius 1 is 0.292 bits per heavy atom. The zero-order chi connectivity index (χ0) is 34.2. The molecule has 8 nitrogen and oxygen atoms in total. The van der Waals surface area contributed by atoms with Crippen molar-refractivity contribution in [2.45, 2.75) is 0 Å². The minimum absolute atomic E-state index is 0.0294. The Bertz CT molecular complexity index is 1810. The lowest BCUT2D eigenvalue weighted by molar-refractivity contribution is 0.102. The van der Waals surface area contributed by atoms with Crippen LogP contribution in [0.4, 0.5) is 0 Å². The SMILES string of the molecule is O=C(c1ccccc1)c1cc(C(=O)c2ccccc2)c(O)cc1O.O=C(c1ccccc1)c1cc(C(=O)c2ccccc2)c(O)cc1O. The average molecular weight is 637 g/mol. The van der Waals surface area contributed by atoms with E-state index in [0.29, 0.717) is 22.3 Å². The number of ketones is 4. The predicted molar refractivity (Wildman–Crippen MR) is 179 cm³/mol. The second kappa shape index (κ2) is 14.5. The van der Waals surface area contributed by atoms with Crippen LogP contribution in [-0.2, 0) is 0 Å². The van der Waals surface area contributed by atoms with Gasteiger partial charge < -0.3 is 20.4 Å². The van der Waals surface area contributed by atoms with Crippen molar-refractivity contribution in [2.75, 3.05) is 0 Å². The van der Waals surface area contributed by atoms with Gasteiger partial charge in [0.2, 0.25) is 0 Å². The van der Waals surface area contributed by atoms with Crippen LogP contribution in [0.3, 0.4) is 0 Å². The zero-order valence-electron chi connectivity index (χ0n) is 25.3. The summed E-state index contributed by atoms with van der Waals surface area (Å²) in [6.07, 6.45) is 0. The summed E-state index contributed by atoms with van der Waals surface area (Å²) in [7, 11) is 0. The molecule has 0 amide bonds. The summed E-state index contributed by atoms with van der Waals surface area (Å²) >= 11 is 0. The van der Waals surface area contributed by atoms with Crippen molar-refractivity contribution in [1.82, 2.24) is 0 Å². The highest BCUT2D eigenvalue weighted by molar-refractivity contribution is 6.16. The van der Waals surface area contributed by atoms with Crippen LogP contribution in [0.1, 0.15) is 63.7 Å². The quantitative estimate of drug-likeness (QED) is 0.129. The van der Waals surface area contributed by atoms with E-state index in [1.54, 1.807) is 121 Å². The van der Waals surface area contributed by atoms with E-state index in [2.05, 4.69) is 0 Å². The third-order valence-corrected chi connectivity index (χ3v) is 7.35. The molecule has 6 aromatic rings. The predicted octanol–water partition coefficient (Wildman–Crippen LogP) is 7.12. The largest absolute Gasteiger partial charge is 0.507 e. The Labute approximate surface area is 275 Å². The van der Waals surface area contributed by atoms with Crippen LogP contribution >= 0.6 is 0 Å². The third-order valence-electron chi connectivity index (χ3n) is 7.35. The van der Waals surface area contributed by atoms with E-state index in [1.807, 2.05) is 0 Å². The smallest absolute Gasteiger partial charge is 0.196 e. The summed E-state index contributed by atoms with van der Waals surface area (Å²) in [4.78, 5) is 50.1. The highest BCUT2D eigenvalue weighted by Crippen LogP contribution is 2.32. The number of hydrogen-bond acceptors (Lipinski definition) is 8. The normalized spacial score (nSPS) is 10.3. The van der Waals surface area contributed by atoms with Gasteiger partial charge in [0.1, 0.15) is 23.0 Å². The highest BCUT2D eigenvalue weighted by Gasteiger charge is 2.22. The number of carbonyl (C=O) groups excluding carboxylic acids is 4. The molecule has 0 spiro atoms. The van der Waals surface area contributed by atoms with E-state index < -0.39 is 23.1 Å². The van der Waals surface area contributed by atoms with Gasteiger partial charge in [0.05, 0.1) is 22.3 Å². The van der Waals surface area contributed by atoms with Gasteiger partial charge in [-0.3, -0.25) is 19.2 Å². The first-order valence-electron chi connectivity index (χ1n) is 14.7. The molecule has 0 aromatic heterocycles. The van der Waals surface area contributed by atoms with Crippen LogP contribution in [-0.4, -0.2) is 43.6 Å². The average Bonchev–Trinajstić information content (AvgIpc) is 3.12. The van der Waals surface area contributed by atoms with Gasteiger partial charge in [-0.25, -0.2) is 0 Å². The lowest BCUT2D eigenvalue weighted by Gasteiger charge is -2.09. The monoisotopic (exact) mass is 636 g/mol. The van der Waals surface area contributed by atoms with Crippen LogP contribution in [0.2, 0.25) is 0 Å². The molecule has 0 aliphatic rings. The standard InChI is InChI=1S/2C20H14O4/c2*21-17-12-18(22)16(20(24)14-9-5-2-6-10-14)11-15(17)19(23)13-7-3-1-4-8-13/h2*1-12,21-22H. The van der Waals surface area contributed by atoms with Crippen molar-refractivity contribution >= 4 is 23.1 Å². The number of phenolic OH excluding ortho intramolecular Hbond substituents is 4. The molecule has 8 heteroatoms. The minimum Gasteiger partial charge on any atom is -0.507 e. The summed E-state index contributed by atoms with van der Waals surface area (Å²) in [6, 6.07) is 38.2. The Morgan fingerprint density at radius 3 is 0.667 bits per heavy atom. The van der Waals surface area contributed by atoms with Gasteiger partial charge in [0.25, 0.3) is 0 Å². The van der Waals surface area contributed by atoms with E-state index in [1.165, 1.54) is 12.1 Å². The van der Waals surface area contributed by atoms with Crippen molar-refractivity contribution in [3.8, 4) is 23.0 Å². The molecule has 6 rings (SSSR count). The summed E-state index contributed by atoms with van der Waals surface area (Å²) in [5, 5.41) is 40.0. The van der Waals surface area contributed by atoms with Crippen molar-refractivity contribution in [3.05, 3.63) is 190 Å². The molecule has 0 aliphatic carbocycles. The van der Waals surface area contributed by atoms with Crippen LogP contribution < -0.4 is 0 Å². The van der Waals surface area contributed by atoms with Crippen LogP contribution in [0.25, 0.3) is 0 Å². The third kappa shape index (κ3) is 7.19. The maximum absolute atomic E-state index is 12.5. The van der Waals surface area contributed by atoms with Crippen LogP contribution in [0.15, 0.2) is 146 Å². The van der Waals surface area contributed by atoms with Gasteiger partial charge in [-0.1, -0.05) is 121 Å². The molecule has 0 heterocycles. The molecule has 4 N–H and O–H groups in total. The first-order chi connectivity index (χ1) is 23.2. The topological polar surface area (TPSA) is 149 Å². The molecule has 0 radical (unpaired) electrons. The van der Waals surface area contributed by atoms with Gasteiger partial charge in [-0.05, 0) is 12.1 Å². The van der Waals surface area contributed by atoms with Crippen molar-refractivity contribution in [3.63, 3.8) is 0 Å². The van der Waals surface area contributed by atoms with Crippen LogP contribution in [0, 0.1) is 0 Å². The summed E-state index contributed by atoms with van der Waals surface area (Å²) in [6.45, 7) is 0. The number of carbonyl (C=O) groups is 4. The molecule has 0 aliphatic heterocycles. The second-order valence-electron chi connectivity index (χ2n) is 10.6. The van der Waals surface area contributed by atoms with Gasteiger partial charge in [0, 0.05) is 34.4 Å². The van der Waals surface area contributed by atoms with Gasteiger partial charge >= 0.3 is 0 Å². The number of aromatic hydroxyl groups is 4. The molecular weight excluding hydrogens is 608 g/mol. The van der Waals surface area contributed by atoms with Crippen molar-refractivity contribution in [2.24, 2.45) is 0 Å². The van der Waals surface area contributed by atoms with E-state index in [0.717, 1.165) is 12.1 Å². The molecule has 0 atom stereocenters.